The molecule has 1 aromatic heterocycles. The molecular weight excluding hydrogens is 301 g/mol. The standard InChI is InChI=1S/C12H13Cl2N5O/c1-6(2)20-12-18-10(15)17-11(19-12)16-9-5-7(13)3-4-8(9)14/h3-6H,1-2H3,(H3,15,16,17,18,19). The first-order valence-electron chi connectivity index (χ1n) is 5.84. The van der Waals surface area contributed by atoms with Crippen LogP contribution in [0.1, 0.15) is 13.8 Å². The van der Waals surface area contributed by atoms with Crippen molar-refractivity contribution in [3.05, 3.63) is 28.2 Å². The number of aromatic nitrogens is 3. The molecule has 0 aliphatic rings. The van der Waals surface area contributed by atoms with Crippen molar-refractivity contribution in [2.75, 3.05) is 11.1 Å². The van der Waals surface area contributed by atoms with E-state index < -0.39 is 0 Å². The number of hydrogen-bond donors (Lipinski definition) is 2. The van der Waals surface area contributed by atoms with E-state index in [-0.39, 0.29) is 24.0 Å². The molecule has 3 N–H and O–H groups in total. The monoisotopic (exact) mass is 313 g/mol. The third kappa shape index (κ3) is 3.85. The van der Waals surface area contributed by atoms with Gasteiger partial charge >= 0.3 is 6.01 Å². The van der Waals surface area contributed by atoms with Gasteiger partial charge in [0.15, 0.2) is 0 Å². The number of rotatable bonds is 4. The van der Waals surface area contributed by atoms with E-state index in [1.807, 2.05) is 13.8 Å². The molecule has 1 aromatic carbocycles. The van der Waals surface area contributed by atoms with E-state index >= 15 is 0 Å². The molecule has 8 heteroatoms. The summed E-state index contributed by atoms with van der Waals surface area (Å²) in [5, 5.41) is 3.95. The van der Waals surface area contributed by atoms with Gasteiger partial charge in [-0.1, -0.05) is 23.2 Å². The zero-order valence-corrected chi connectivity index (χ0v) is 12.4. The maximum atomic E-state index is 6.06. The number of benzene rings is 1. The first kappa shape index (κ1) is 14.6. The summed E-state index contributed by atoms with van der Waals surface area (Å²) in [7, 11) is 0. The van der Waals surface area contributed by atoms with Gasteiger partial charge in [-0.15, -0.1) is 0 Å². The second-order valence-corrected chi connectivity index (χ2v) is 5.06. The SMILES string of the molecule is CC(C)Oc1nc(N)nc(Nc2cc(Cl)ccc2Cl)n1. The van der Waals surface area contributed by atoms with Crippen molar-refractivity contribution in [3.63, 3.8) is 0 Å². The van der Waals surface area contributed by atoms with Gasteiger partial charge in [-0.25, -0.2) is 0 Å². The van der Waals surface area contributed by atoms with Crippen molar-refractivity contribution in [3.8, 4) is 6.01 Å². The Bertz CT molecular complexity index is 621. The van der Waals surface area contributed by atoms with E-state index in [4.69, 9.17) is 33.7 Å². The zero-order chi connectivity index (χ0) is 14.7. The molecular formula is C12H13Cl2N5O. The molecule has 0 bridgehead atoms. The Hall–Kier alpha value is -1.79. The molecule has 6 nitrogen and oxygen atoms in total. The van der Waals surface area contributed by atoms with Gasteiger partial charge in [0, 0.05) is 5.02 Å². The summed E-state index contributed by atoms with van der Waals surface area (Å²) in [4.78, 5) is 12.0. The summed E-state index contributed by atoms with van der Waals surface area (Å²) < 4.78 is 5.39. The molecule has 2 rings (SSSR count). The first-order valence-corrected chi connectivity index (χ1v) is 6.60. The molecule has 106 valence electrons. The largest absolute Gasteiger partial charge is 0.461 e. The Balaban J connectivity index is 2.28. The fraction of sp³-hybridized carbons (Fsp3) is 0.250. The van der Waals surface area contributed by atoms with E-state index in [0.29, 0.717) is 15.7 Å². The van der Waals surface area contributed by atoms with E-state index in [0.717, 1.165) is 0 Å². The number of ether oxygens (including phenoxy) is 1. The molecule has 0 radical (unpaired) electrons. The third-order valence-corrected chi connectivity index (χ3v) is 2.71. The molecule has 0 aliphatic carbocycles. The predicted molar refractivity (Wildman–Crippen MR) is 79.7 cm³/mol. The summed E-state index contributed by atoms with van der Waals surface area (Å²) >= 11 is 12.0. The molecule has 0 amide bonds. The van der Waals surface area contributed by atoms with Crippen LogP contribution in [0.25, 0.3) is 0 Å². The first-order chi connectivity index (χ1) is 9.44. The highest BCUT2D eigenvalue weighted by atomic mass is 35.5. The van der Waals surface area contributed by atoms with Gasteiger partial charge in [-0.3, -0.25) is 0 Å². The Morgan fingerprint density at radius 1 is 1.20 bits per heavy atom. The fourth-order valence-electron chi connectivity index (χ4n) is 1.41. The Kier molecular flexibility index (Phi) is 4.46. The van der Waals surface area contributed by atoms with Crippen LogP contribution in [0.3, 0.4) is 0 Å². The van der Waals surface area contributed by atoms with E-state index in [2.05, 4.69) is 20.3 Å². The maximum absolute atomic E-state index is 6.06. The molecule has 20 heavy (non-hydrogen) atoms. The Morgan fingerprint density at radius 2 is 1.95 bits per heavy atom. The Morgan fingerprint density at radius 3 is 2.65 bits per heavy atom. The second kappa shape index (κ2) is 6.11. The fourth-order valence-corrected chi connectivity index (χ4v) is 1.74. The molecule has 0 fully saturated rings. The summed E-state index contributed by atoms with van der Waals surface area (Å²) in [5.74, 6) is 0.286. The molecule has 0 spiro atoms. The highest BCUT2D eigenvalue weighted by Gasteiger charge is 2.09. The van der Waals surface area contributed by atoms with Gasteiger partial charge in [0.2, 0.25) is 11.9 Å². The lowest BCUT2D eigenvalue weighted by atomic mass is 10.3. The van der Waals surface area contributed by atoms with E-state index in [9.17, 15) is 0 Å². The number of anilines is 3. The van der Waals surface area contributed by atoms with Crippen molar-refractivity contribution in [2.24, 2.45) is 0 Å². The molecule has 0 atom stereocenters. The number of hydrogen-bond acceptors (Lipinski definition) is 6. The number of halogens is 2. The van der Waals surface area contributed by atoms with Gasteiger partial charge in [0.25, 0.3) is 0 Å². The minimum Gasteiger partial charge on any atom is -0.461 e. The lowest BCUT2D eigenvalue weighted by Crippen LogP contribution is -2.11. The normalized spacial score (nSPS) is 10.7. The van der Waals surface area contributed by atoms with E-state index in [1.165, 1.54) is 0 Å². The minimum atomic E-state index is -0.0700. The topological polar surface area (TPSA) is 86.0 Å². The molecule has 1 heterocycles. The predicted octanol–water partition coefficient (Wildman–Crippen LogP) is 3.29. The summed E-state index contributed by atoms with van der Waals surface area (Å²) in [6.45, 7) is 3.72. The van der Waals surface area contributed by atoms with Crippen LogP contribution in [0, 0.1) is 0 Å². The number of nitrogen functional groups attached to an aromatic ring is 1. The van der Waals surface area contributed by atoms with Crippen LogP contribution < -0.4 is 15.8 Å². The Labute approximate surface area is 126 Å². The lowest BCUT2D eigenvalue weighted by Gasteiger charge is -2.11. The van der Waals surface area contributed by atoms with Gasteiger partial charge in [0.1, 0.15) is 0 Å². The number of nitrogens with one attached hydrogen (secondary N) is 1. The lowest BCUT2D eigenvalue weighted by molar-refractivity contribution is 0.222. The van der Waals surface area contributed by atoms with Crippen LogP contribution in [-0.4, -0.2) is 21.1 Å². The summed E-state index contributed by atoms with van der Waals surface area (Å²) in [6, 6.07) is 5.16. The average molecular weight is 314 g/mol. The summed E-state index contributed by atoms with van der Waals surface area (Å²) in [6.07, 6.45) is -0.0700. The van der Waals surface area contributed by atoms with Crippen LogP contribution in [0.2, 0.25) is 10.0 Å². The molecule has 0 saturated carbocycles. The average Bonchev–Trinajstić information content (AvgIpc) is 2.32. The van der Waals surface area contributed by atoms with Gasteiger partial charge in [-0.05, 0) is 32.0 Å². The van der Waals surface area contributed by atoms with Crippen molar-refractivity contribution >= 4 is 40.8 Å². The number of nitrogens with two attached hydrogens (primary N) is 1. The second-order valence-electron chi connectivity index (χ2n) is 4.22. The van der Waals surface area contributed by atoms with Crippen molar-refractivity contribution in [1.82, 2.24) is 15.0 Å². The van der Waals surface area contributed by atoms with Crippen LogP contribution in [0.15, 0.2) is 18.2 Å². The highest BCUT2D eigenvalue weighted by molar-refractivity contribution is 6.35. The summed E-state index contributed by atoms with van der Waals surface area (Å²) in [5.41, 5.74) is 6.19. The molecule has 0 aliphatic heterocycles. The van der Waals surface area contributed by atoms with Gasteiger partial charge in [-0.2, -0.15) is 15.0 Å². The molecule has 0 saturated heterocycles. The van der Waals surface area contributed by atoms with Gasteiger partial charge < -0.3 is 15.8 Å². The van der Waals surface area contributed by atoms with Crippen molar-refractivity contribution < 1.29 is 4.74 Å². The molecule has 2 aromatic rings. The zero-order valence-electron chi connectivity index (χ0n) is 10.9. The van der Waals surface area contributed by atoms with Crippen LogP contribution >= 0.6 is 23.2 Å². The van der Waals surface area contributed by atoms with E-state index in [1.54, 1.807) is 18.2 Å². The quantitative estimate of drug-likeness (QED) is 0.900. The number of nitrogens with zero attached hydrogens (tertiary/aromatic N) is 3. The van der Waals surface area contributed by atoms with Crippen molar-refractivity contribution in [2.45, 2.75) is 20.0 Å². The highest BCUT2D eigenvalue weighted by Crippen LogP contribution is 2.27. The van der Waals surface area contributed by atoms with Crippen LogP contribution in [-0.2, 0) is 0 Å². The van der Waals surface area contributed by atoms with Crippen molar-refractivity contribution in [1.29, 1.82) is 0 Å². The maximum Gasteiger partial charge on any atom is 0.323 e. The van der Waals surface area contributed by atoms with Crippen LogP contribution in [0.4, 0.5) is 17.6 Å². The minimum absolute atomic E-state index is 0.0521. The third-order valence-electron chi connectivity index (χ3n) is 2.15. The molecule has 0 unspecified atom stereocenters. The van der Waals surface area contributed by atoms with Gasteiger partial charge in [0.05, 0.1) is 16.8 Å². The van der Waals surface area contributed by atoms with Crippen LogP contribution in [0.5, 0.6) is 6.01 Å². The smallest absolute Gasteiger partial charge is 0.323 e.